The first-order valence-corrected chi connectivity index (χ1v) is 8.16. The van der Waals surface area contributed by atoms with Crippen LogP contribution in [-0.2, 0) is 4.74 Å². The summed E-state index contributed by atoms with van der Waals surface area (Å²) >= 11 is 13.0. The molecule has 1 aliphatic heterocycles. The Labute approximate surface area is 129 Å². The van der Waals surface area contributed by atoms with Gasteiger partial charge in [0.15, 0.2) is 0 Å². The Balaban J connectivity index is 2.01. The van der Waals surface area contributed by atoms with E-state index in [0.29, 0.717) is 11.6 Å². The second-order valence-corrected chi connectivity index (χ2v) is 6.46. The molecule has 0 aliphatic carbocycles. The number of halogens is 3. The highest BCUT2D eigenvalue weighted by Gasteiger charge is 2.32. The molecular weight excluding hydrogens is 383 g/mol. The first kappa shape index (κ1) is 14.6. The summed E-state index contributed by atoms with van der Waals surface area (Å²) in [5.74, 6) is 0.839. The first-order chi connectivity index (χ1) is 8.65. The van der Waals surface area contributed by atoms with Crippen LogP contribution in [0.1, 0.15) is 12.8 Å². The molecule has 2 nitrogen and oxygen atoms in total. The van der Waals surface area contributed by atoms with E-state index in [0.717, 1.165) is 41.6 Å². The maximum absolute atomic E-state index is 5.93. The molecule has 1 aromatic carbocycles. The van der Waals surface area contributed by atoms with Gasteiger partial charge in [0.1, 0.15) is 5.75 Å². The summed E-state index contributed by atoms with van der Waals surface area (Å²) in [7, 11) is 0. The number of alkyl halides is 1. The number of hydrogen-bond acceptors (Lipinski definition) is 2. The molecule has 100 valence electrons. The highest BCUT2D eigenvalue weighted by atomic mass is 79.9. The van der Waals surface area contributed by atoms with Gasteiger partial charge in [-0.1, -0.05) is 27.5 Å². The fourth-order valence-electron chi connectivity index (χ4n) is 1.94. The largest absolute Gasteiger partial charge is 0.492 e. The predicted octanol–water partition coefficient (Wildman–Crippen LogP) is 4.67. The lowest BCUT2D eigenvalue weighted by atomic mass is 9.83. The van der Waals surface area contributed by atoms with Gasteiger partial charge in [-0.05, 0) is 47.0 Å². The van der Waals surface area contributed by atoms with E-state index in [9.17, 15) is 0 Å². The SMILES string of the molecule is Clc1ccc(OCC2(CBr)CCOCC2)c(Br)c1. The number of ether oxygens (including phenoxy) is 2. The van der Waals surface area contributed by atoms with Crippen LogP contribution in [0.4, 0.5) is 0 Å². The van der Waals surface area contributed by atoms with Crippen molar-refractivity contribution < 1.29 is 9.47 Å². The third-order valence-corrected chi connectivity index (χ3v) is 5.31. The third kappa shape index (κ3) is 3.62. The molecule has 0 radical (unpaired) electrons. The van der Waals surface area contributed by atoms with E-state index in [1.807, 2.05) is 18.2 Å². The van der Waals surface area contributed by atoms with Crippen LogP contribution in [0.3, 0.4) is 0 Å². The normalized spacial score (nSPS) is 18.6. The lowest BCUT2D eigenvalue weighted by Gasteiger charge is -2.35. The molecule has 1 heterocycles. The molecule has 0 N–H and O–H groups in total. The minimum Gasteiger partial charge on any atom is -0.492 e. The molecule has 0 bridgehead atoms. The van der Waals surface area contributed by atoms with Crippen LogP contribution in [-0.4, -0.2) is 25.2 Å². The van der Waals surface area contributed by atoms with Crippen molar-refractivity contribution in [3.63, 3.8) is 0 Å². The van der Waals surface area contributed by atoms with Crippen LogP contribution < -0.4 is 4.74 Å². The Morgan fingerprint density at radius 2 is 2.06 bits per heavy atom. The number of benzene rings is 1. The molecule has 1 aromatic rings. The highest BCUT2D eigenvalue weighted by Crippen LogP contribution is 2.35. The van der Waals surface area contributed by atoms with Gasteiger partial charge in [0, 0.05) is 29.0 Å². The summed E-state index contributed by atoms with van der Waals surface area (Å²) in [6.07, 6.45) is 2.06. The van der Waals surface area contributed by atoms with E-state index in [-0.39, 0.29) is 5.41 Å². The number of hydrogen-bond donors (Lipinski definition) is 0. The van der Waals surface area contributed by atoms with Crippen LogP contribution >= 0.6 is 43.5 Å². The summed E-state index contributed by atoms with van der Waals surface area (Å²) in [5, 5.41) is 1.64. The molecule has 1 saturated heterocycles. The molecule has 5 heteroatoms. The van der Waals surface area contributed by atoms with E-state index < -0.39 is 0 Å². The zero-order valence-electron chi connectivity index (χ0n) is 9.93. The van der Waals surface area contributed by atoms with Gasteiger partial charge in [-0.2, -0.15) is 0 Å². The van der Waals surface area contributed by atoms with E-state index in [1.54, 1.807) is 0 Å². The molecular formula is C13H15Br2ClO2. The predicted molar refractivity (Wildman–Crippen MR) is 80.9 cm³/mol. The molecule has 0 saturated carbocycles. The van der Waals surface area contributed by atoms with Crippen molar-refractivity contribution >= 4 is 43.5 Å². The van der Waals surface area contributed by atoms with E-state index in [2.05, 4.69) is 31.9 Å². The Kier molecular flexibility index (Phi) is 5.36. The molecule has 1 fully saturated rings. The Morgan fingerprint density at radius 1 is 1.33 bits per heavy atom. The van der Waals surface area contributed by atoms with E-state index in [4.69, 9.17) is 21.1 Å². The van der Waals surface area contributed by atoms with E-state index >= 15 is 0 Å². The smallest absolute Gasteiger partial charge is 0.133 e. The van der Waals surface area contributed by atoms with Crippen molar-refractivity contribution in [3.05, 3.63) is 27.7 Å². The first-order valence-electron chi connectivity index (χ1n) is 5.87. The second kappa shape index (κ2) is 6.60. The Hall–Kier alpha value is 0.230. The number of rotatable bonds is 4. The summed E-state index contributed by atoms with van der Waals surface area (Å²) in [4.78, 5) is 0. The zero-order valence-corrected chi connectivity index (χ0v) is 13.9. The van der Waals surface area contributed by atoms with Gasteiger partial charge in [0.25, 0.3) is 0 Å². The lowest BCUT2D eigenvalue weighted by molar-refractivity contribution is 0.00341. The van der Waals surface area contributed by atoms with Gasteiger partial charge in [-0.15, -0.1) is 0 Å². The van der Waals surface area contributed by atoms with Gasteiger partial charge >= 0.3 is 0 Å². The third-order valence-electron chi connectivity index (χ3n) is 3.26. The molecule has 0 spiro atoms. The average Bonchev–Trinajstić information content (AvgIpc) is 2.39. The van der Waals surface area contributed by atoms with Crippen molar-refractivity contribution in [2.75, 3.05) is 25.2 Å². The Bertz CT molecular complexity index is 406. The van der Waals surface area contributed by atoms with Gasteiger partial charge in [0.2, 0.25) is 0 Å². The molecule has 1 aliphatic rings. The summed E-state index contributed by atoms with van der Waals surface area (Å²) in [5.41, 5.74) is 0.178. The molecule has 0 aromatic heterocycles. The summed E-state index contributed by atoms with van der Waals surface area (Å²) in [6.45, 7) is 2.33. The van der Waals surface area contributed by atoms with Crippen molar-refractivity contribution in [1.82, 2.24) is 0 Å². The van der Waals surface area contributed by atoms with E-state index in [1.165, 1.54) is 0 Å². The fraction of sp³-hybridized carbons (Fsp3) is 0.538. The minimum atomic E-state index is 0.178. The van der Waals surface area contributed by atoms with Crippen molar-refractivity contribution in [2.24, 2.45) is 5.41 Å². The minimum absolute atomic E-state index is 0.178. The molecule has 0 unspecified atom stereocenters. The Morgan fingerprint density at radius 3 is 2.67 bits per heavy atom. The molecule has 18 heavy (non-hydrogen) atoms. The van der Waals surface area contributed by atoms with Crippen molar-refractivity contribution in [1.29, 1.82) is 0 Å². The van der Waals surface area contributed by atoms with Gasteiger partial charge < -0.3 is 9.47 Å². The maximum Gasteiger partial charge on any atom is 0.133 e. The van der Waals surface area contributed by atoms with Crippen LogP contribution in [0.2, 0.25) is 5.02 Å². The molecule has 2 rings (SSSR count). The van der Waals surface area contributed by atoms with Crippen molar-refractivity contribution in [2.45, 2.75) is 12.8 Å². The highest BCUT2D eigenvalue weighted by molar-refractivity contribution is 9.10. The lowest BCUT2D eigenvalue weighted by Crippen LogP contribution is -2.36. The van der Waals surface area contributed by atoms with Crippen LogP contribution in [0.5, 0.6) is 5.75 Å². The van der Waals surface area contributed by atoms with Gasteiger partial charge in [0.05, 0.1) is 11.1 Å². The zero-order chi connectivity index (χ0) is 13.0. The summed E-state index contributed by atoms with van der Waals surface area (Å²) < 4.78 is 12.2. The van der Waals surface area contributed by atoms with Crippen LogP contribution in [0.15, 0.2) is 22.7 Å². The quantitative estimate of drug-likeness (QED) is 0.686. The summed E-state index contributed by atoms with van der Waals surface area (Å²) in [6, 6.07) is 5.59. The standard InChI is InChI=1S/C13H15Br2ClO2/c14-8-13(3-5-17-6-4-13)9-18-12-2-1-10(16)7-11(12)15/h1-2,7H,3-6,8-9H2. The average molecular weight is 399 g/mol. The molecule has 0 atom stereocenters. The van der Waals surface area contributed by atoms with Crippen LogP contribution in [0, 0.1) is 5.41 Å². The van der Waals surface area contributed by atoms with Gasteiger partial charge in [-0.3, -0.25) is 0 Å². The second-order valence-electron chi connectivity index (χ2n) is 4.61. The van der Waals surface area contributed by atoms with Crippen molar-refractivity contribution in [3.8, 4) is 5.75 Å². The molecule has 0 amide bonds. The van der Waals surface area contributed by atoms with Gasteiger partial charge in [-0.25, -0.2) is 0 Å². The fourth-order valence-corrected chi connectivity index (χ4v) is 3.46. The maximum atomic E-state index is 5.93. The van der Waals surface area contributed by atoms with Crippen LogP contribution in [0.25, 0.3) is 0 Å². The topological polar surface area (TPSA) is 18.5 Å². The monoisotopic (exact) mass is 396 g/mol.